The van der Waals surface area contributed by atoms with E-state index in [1.165, 1.54) is 16.9 Å². The predicted octanol–water partition coefficient (Wildman–Crippen LogP) is 2.99. The average molecular weight is 337 g/mol. The third-order valence-electron chi connectivity index (χ3n) is 3.67. The molecule has 0 aliphatic carbocycles. The molecule has 0 aliphatic heterocycles. The summed E-state index contributed by atoms with van der Waals surface area (Å²) in [7, 11) is 0. The number of benzene rings is 2. The summed E-state index contributed by atoms with van der Waals surface area (Å²) in [5.41, 5.74) is 1.82. The minimum absolute atomic E-state index is 0.0201. The van der Waals surface area contributed by atoms with Gasteiger partial charge in [-0.05, 0) is 24.6 Å². The maximum atomic E-state index is 12.3. The van der Waals surface area contributed by atoms with Gasteiger partial charge in [0.25, 0.3) is 11.6 Å². The molecule has 126 valence electrons. The second-order valence-electron chi connectivity index (χ2n) is 5.29. The number of aromatic nitrogens is 3. The number of amides is 1. The van der Waals surface area contributed by atoms with Gasteiger partial charge in [-0.2, -0.15) is 0 Å². The Morgan fingerprint density at radius 2 is 2.00 bits per heavy atom. The molecule has 3 rings (SSSR count). The quantitative estimate of drug-likeness (QED) is 0.569. The molecule has 0 bridgehead atoms. The average Bonchev–Trinajstić information content (AvgIpc) is 3.12. The highest BCUT2D eigenvalue weighted by Gasteiger charge is 2.16. The fourth-order valence-electron chi connectivity index (χ4n) is 2.38. The van der Waals surface area contributed by atoms with E-state index in [2.05, 4.69) is 15.6 Å². The van der Waals surface area contributed by atoms with Crippen LogP contribution in [0.2, 0.25) is 0 Å². The van der Waals surface area contributed by atoms with E-state index >= 15 is 0 Å². The number of hydrogen-bond donors (Lipinski definition) is 1. The van der Waals surface area contributed by atoms with Crippen molar-refractivity contribution in [1.82, 2.24) is 15.0 Å². The van der Waals surface area contributed by atoms with E-state index in [9.17, 15) is 14.9 Å². The summed E-state index contributed by atoms with van der Waals surface area (Å²) in [6, 6.07) is 13.9. The van der Waals surface area contributed by atoms with Crippen LogP contribution in [0.5, 0.6) is 0 Å². The summed E-state index contributed by atoms with van der Waals surface area (Å²) >= 11 is 0. The van der Waals surface area contributed by atoms with Gasteiger partial charge in [-0.3, -0.25) is 14.9 Å². The smallest absolute Gasteiger partial charge is 0.277 e. The highest BCUT2D eigenvalue weighted by molar-refractivity contribution is 6.02. The summed E-state index contributed by atoms with van der Waals surface area (Å²) in [6.07, 6.45) is 2.04. The Morgan fingerprint density at radius 3 is 2.68 bits per heavy atom. The fraction of sp³-hybridized carbons (Fsp3) is 0.118. The van der Waals surface area contributed by atoms with Crippen molar-refractivity contribution in [3.05, 3.63) is 76.1 Å². The Kier molecular flexibility index (Phi) is 4.51. The fourth-order valence-corrected chi connectivity index (χ4v) is 2.38. The van der Waals surface area contributed by atoms with Crippen LogP contribution in [0.4, 0.5) is 11.4 Å². The molecule has 8 heteroatoms. The molecule has 0 radical (unpaired) electrons. The topological polar surface area (TPSA) is 103 Å². The van der Waals surface area contributed by atoms with Gasteiger partial charge in [-0.15, -0.1) is 5.10 Å². The van der Waals surface area contributed by atoms with Gasteiger partial charge in [0.2, 0.25) is 0 Å². The Labute approximate surface area is 143 Å². The molecule has 1 aromatic heterocycles. The number of para-hydroxylation sites is 1. The molecular weight excluding hydrogens is 322 g/mol. The lowest BCUT2D eigenvalue weighted by atomic mass is 10.1. The van der Waals surface area contributed by atoms with Crippen molar-refractivity contribution in [2.75, 3.05) is 5.32 Å². The number of anilines is 1. The maximum absolute atomic E-state index is 12.3. The number of nitrogens with zero attached hydrogens (tertiary/aromatic N) is 4. The summed E-state index contributed by atoms with van der Waals surface area (Å²) < 4.78 is 1.48. The van der Waals surface area contributed by atoms with E-state index < -0.39 is 10.8 Å². The molecule has 0 unspecified atom stereocenters. The van der Waals surface area contributed by atoms with Gasteiger partial charge < -0.3 is 5.32 Å². The molecular formula is C17H15N5O3. The van der Waals surface area contributed by atoms with Crippen molar-refractivity contribution < 1.29 is 9.72 Å². The van der Waals surface area contributed by atoms with Gasteiger partial charge in [0, 0.05) is 17.3 Å². The van der Waals surface area contributed by atoms with Crippen LogP contribution in [0.3, 0.4) is 0 Å². The summed E-state index contributed by atoms with van der Waals surface area (Å²) in [4.78, 5) is 23.0. The first kappa shape index (κ1) is 16.3. The van der Waals surface area contributed by atoms with E-state index in [1.807, 2.05) is 37.3 Å². The Morgan fingerprint density at radius 1 is 1.24 bits per heavy atom. The predicted molar refractivity (Wildman–Crippen MR) is 91.8 cm³/mol. The largest absolute Gasteiger partial charge is 0.320 e. The van der Waals surface area contributed by atoms with E-state index in [4.69, 9.17) is 0 Å². The first-order chi connectivity index (χ1) is 12.1. The lowest BCUT2D eigenvalue weighted by Gasteiger charge is -2.05. The second-order valence-corrected chi connectivity index (χ2v) is 5.29. The lowest BCUT2D eigenvalue weighted by Crippen LogP contribution is -2.12. The Hall–Kier alpha value is -3.55. The van der Waals surface area contributed by atoms with E-state index in [1.54, 1.807) is 12.1 Å². The normalized spacial score (nSPS) is 10.4. The second kappa shape index (κ2) is 6.91. The number of hydrogen-bond acceptors (Lipinski definition) is 5. The molecule has 0 atom stereocenters. The first-order valence-electron chi connectivity index (χ1n) is 7.65. The van der Waals surface area contributed by atoms with Crippen LogP contribution in [0.15, 0.2) is 54.7 Å². The van der Waals surface area contributed by atoms with Crippen LogP contribution >= 0.6 is 0 Å². The number of nitro benzene ring substituents is 1. The molecule has 1 amide bonds. The monoisotopic (exact) mass is 337 g/mol. The van der Waals surface area contributed by atoms with Crippen molar-refractivity contribution in [2.24, 2.45) is 0 Å². The highest BCUT2D eigenvalue weighted by Crippen LogP contribution is 2.24. The zero-order valence-electron chi connectivity index (χ0n) is 13.4. The minimum Gasteiger partial charge on any atom is -0.320 e. The Bertz CT molecular complexity index is 921. The molecule has 25 heavy (non-hydrogen) atoms. The lowest BCUT2D eigenvalue weighted by molar-refractivity contribution is -0.385. The number of rotatable bonds is 5. The van der Waals surface area contributed by atoms with Crippen molar-refractivity contribution in [3.63, 3.8) is 0 Å². The molecule has 8 nitrogen and oxygen atoms in total. The van der Waals surface area contributed by atoms with Crippen LogP contribution in [0, 0.1) is 10.1 Å². The number of aryl methyl sites for hydroxylation is 1. The number of nitrogens with one attached hydrogen (secondary N) is 1. The van der Waals surface area contributed by atoms with Crippen molar-refractivity contribution in [2.45, 2.75) is 13.3 Å². The van der Waals surface area contributed by atoms with Gasteiger partial charge >= 0.3 is 0 Å². The zero-order chi connectivity index (χ0) is 17.8. The molecule has 0 saturated carbocycles. The molecule has 2 aromatic carbocycles. The molecule has 1 heterocycles. The number of carbonyl (C=O) groups excluding carboxylic acids is 1. The third-order valence-corrected chi connectivity index (χ3v) is 3.67. The van der Waals surface area contributed by atoms with Crippen LogP contribution in [0.1, 0.15) is 23.0 Å². The van der Waals surface area contributed by atoms with E-state index in [-0.39, 0.29) is 11.4 Å². The molecule has 0 saturated heterocycles. The molecule has 0 aliphatic rings. The molecule has 0 fully saturated rings. The van der Waals surface area contributed by atoms with Crippen LogP contribution in [-0.4, -0.2) is 25.8 Å². The zero-order valence-corrected chi connectivity index (χ0v) is 13.4. The van der Waals surface area contributed by atoms with Crippen LogP contribution in [0.25, 0.3) is 5.69 Å². The van der Waals surface area contributed by atoms with Gasteiger partial charge in [0.15, 0.2) is 5.69 Å². The van der Waals surface area contributed by atoms with Gasteiger partial charge in [0.05, 0.1) is 16.8 Å². The molecule has 0 spiro atoms. The SMILES string of the molecule is CCc1ccc(NC(=O)c2cn(-c3ccccc3)nn2)cc1[N+](=O)[O-]. The summed E-state index contributed by atoms with van der Waals surface area (Å²) in [5, 5.41) is 21.5. The van der Waals surface area contributed by atoms with Gasteiger partial charge in [0.1, 0.15) is 0 Å². The molecule has 1 N–H and O–H groups in total. The number of carbonyl (C=O) groups is 1. The number of nitro groups is 1. The van der Waals surface area contributed by atoms with Gasteiger partial charge in [-0.1, -0.05) is 36.4 Å². The third kappa shape index (κ3) is 3.52. The van der Waals surface area contributed by atoms with Crippen molar-refractivity contribution in [1.29, 1.82) is 0 Å². The summed E-state index contributed by atoms with van der Waals surface area (Å²) in [6.45, 7) is 1.84. The van der Waals surface area contributed by atoms with Crippen molar-refractivity contribution >= 4 is 17.3 Å². The Balaban J connectivity index is 1.80. The minimum atomic E-state index is -0.485. The first-order valence-corrected chi connectivity index (χ1v) is 7.65. The van der Waals surface area contributed by atoms with Crippen LogP contribution in [-0.2, 0) is 6.42 Å². The van der Waals surface area contributed by atoms with E-state index in [0.717, 1.165) is 5.69 Å². The maximum Gasteiger partial charge on any atom is 0.277 e. The van der Waals surface area contributed by atoms with E-state index in [0.29, 0.717) is 17.7 Å². The van der Waals surface area contributed by atoms with Crippen LogP contribution < -0.4 is 5.32 Å². The summed E-state index contributed by atoms with van der Waals surface area (Å²) in [5.74, 6) is -0.485. The molecule has 3 aromatic rings. The highest BCUT2D eigenvalue weighted by atomic mass is 16.6. The standard InChI is InChI=1S/C17H15N5O3/c1-2-12-8-9-13(10-16(12)22(24)25)18-17(23)15-11-21(20-19-15)14-6-4-3-5-7-14/h3-11H,2H2,1H3,(H,18,23). The van der Waals surface area contributed by atoms with Crippen molar-refractivity contribution in [3.8, 4) is 5.69 Å². The van der Waals surface area contributed by atoms with Gasteiger partial charge in [-0.25, -0.2) is 4.68 Å².